The van der Waals surface area contributed by atoms with Gasteiger partial charge in [0.2, 0.25) is 11.7 Å². The standard InChI is InChI=1S/C41H37N2O/c1-25-37-28(19-22-35-34-17-11-16-30(39(34)44-40(35)37)27-12-7-6-8-13-27)18-21-33-31-14-9-10-15-32(31)36-23-20-29(41(3,4)5)24-43(36)38(33)26(2)42-25/h6-17,19-20,22-24,33,38H,2,18,21H2,1,3-5H3/q+1/b42-25-. The Morgan fingerprint density at radius 3 is 2.36 bits per heavy atom. The summed E-state index contributed by atoms with van der Waals surface area (Å²) < 4.78 is 9.31. The Kier molecular flexibility index (Phi) is 6.03. The molecule has 2 aromatic heterocycles. The summed E-state index contributed by atoms with van der Waals surface area (Å²) in [4.78, 5) is 5.33. The first-order chi connectivity index (χ1) is 21.3. The van der Waals surface area contributed by atoms with Crippen molar-refractivity contribution < 1.29 is 8.98 Å². The minimum Gasteiger partial charge on any atom is -0.455 e. The summed E-state index contributed by atoms with van der Waals surface area (Å²) in [5.41, 5.74) is 13.6. The van der Waals surface area contributed by atoms with Crippen molar-refractivity contribution in [3.8, 4) is 22.4 Å². The lowest BCUT2D eigenvalue weighted by Crippen LogP contribution is -2.49. The molecule has 216 valence electrons. The number of aromatic nitrogens is 1. The molecule has 3 heteroatoms. The third kappa shape index (κ3) is 4.10. The number of para-hydroxylation sites is 1. The maximum absolute atomic E-state index is 6.85. The highest BCUT2D eigenvalue weighted by atomic mass is 16.3. The van der Waals surface area contributed by atoms with Crippen molar-refractivity contribution in [1.29, 1.82) is 0 Å². The fourth-order valence-corrected chi connectivity index (χ4v) is 7.54. The highest BCUT2D eigenvalue weighted by Crippen LogP contribution is 2.46. The molecule has 0 aliphatic carbocycles. The Labute approximate surface area is 259 Å². The fraction of sp³-hybridized carbons (Fsp3) is 0.220. The van der Waals surface area contributed by atoms with Gasteiger partial charge in [0, 0.05) is 44.8 Å². The van der Waals surface area contributed by atoms with Crippen LogP contribution >= 0.6 is 0 Å². The van der Waals surface area contributed by atoms with Gasteiger partial charge < -0.3 is 4.42 Å². The zero-order valence-electron chi connectivity index (χ0n) is 25.9. The van der Waals surface area contributed by atoms with Crippen LogP contribution in [0.1, 0.15) is 68.3 Å². The van der Waals surface area contributed by atoms with Crippen molar-refractivity contribution in [3.05, 3.63) is 138 Å². The van der Waals surface area contributed by atoms with Gasteiger partial charge in [-0.15, -0.1) is 0 Å². The number of allylic oxidation sites excluding steroid dienone is 1. The SMILES string of the molecule is C=C1/N=C(/C)c2c(ccc3c2oc2c(-c4ccccc4)cccc23)CCC2c3ccccc3-c3ccc(C(C)(C)C)c[n+]3C12. The molecule has 44 heavy (non-hydrogen) atoms. The second kappa shape index (κ2) is 9.89. The van der Waals surface area contributed by atoms with Gasteiger partial charge in [-0.25, -0.2) is 0 Å². The number of aliphatic imine (C=N–C) groups is 1. The van der Waals surface area contributed by atoms with Crippen LogP contribution in [0.4, 0.5) is 0 Å². The van der Waals surface area contributed by atoms with E-state index in [2.05, 4.69) is 142 Å². The lowest BCUT2D eigenvalue weighted by atomic mass is 9.78. The molecular formula is C41H37N2O+. The molecular weight excluding hydrogens is 536 g/mol. The van der Waals surface area contributed by atoms with E-state index in [1.54, 1.807) is 0 Å². The Hall–Kier alpha value is -4.76. The molecule has 0 fully saturated rings. The molecule has 0 N–H and O–H groups in total. The molecule has 2 aliphatic rings. The second-order valence-corrected chi connectivity index (χ2v) is 13.5. The summed E-state index contributed by atoms with van der Waals surface area (Å²) in [5, 5.41) is 2.27. The molecule has 0 saturated carbocycles. The van der Waals surface area contributed by atoms with Gasteiger partial charge in [0.05, 0.1) is 5.92 Å². The monoisotopic (exact) mass is 573 g/mol. The first-order valence-electron chi connectivity index (χ1n) is 15.7. The summed E-state index contributed by atoms with van der Waals surface area (Å²) >= 11 is 0. The first kappa shape index (κ1) is 26.8. The zero-order valence-corrected chi connectivity index (χ0v) is 25.9. The maximum atomic E-state index is 6.85. The van der Waals surface area contributed by atoms with Gasteiger partial charge in [-0.1, -0.05) is 106 Å². The van der Waals surface area contributed by atoms with Crippen LogP contribution in [0.2, 0.25) is 0 Å². The summed E-state index contributed by atoms with van der Waals surface area (Å²) in [6.07, 6.45) is 4.27. The number of aryl methyl sites for hydroxylation is 1. The van der Waals surface area contributed by atoms with Crippen molar-refractivity contribution in [1.82, 2.24) is 0 Å². The number of fused-ring (bicyclic) bond motifs is 11. The minimum absolute atomic E-state index is 0.0299. The van der Waals surface area contributed by atoms with E-state index in [4.69, 9.17) is 9.41 Å². The molecule has 6 aromatic rings. The molecule has 2 unspecified atom stereocenters. The van der Waals surface area contributed by atoms with Crippen LogP contribution in [0.25, 0.3) is 44.3 Å². The van der Waals surface area contributed by atoms with Crippen molar-refractivity contribution >= 4 is 27.7 Å². The van der Waals surface area contributed by atoms with Crippen LogP contribution in [0, 0.1) is 0 Å². The molecule has 4 aromatic carbocycles. The van der Waals surface area contributed by atoms with Crippen LogP contribution in [-0.2, 0) is 11.8 Å². The predicted molar refractivity (Wildman–Crippen MR) is 181 cm³/mol. The van der Waals surface area contributed by atoms with Crippen LogP contribution in [0.3, 0.4) is 0 Å². The van der Waals surface area contributed by atoms with Gasteiger partial charge in [-0.05, 0) is 54.0 Å². The highest BCUT2D eigenvalue weighted by molar-refractivity contribution is 6.17. The minimum atomic E-state index is 0.0299. The number of benzene rings is 4. The van der Waals surface area contributed by atoms with Gasteiger partial charge >= 0.3 is 0 Å². The van der Waals surface area contributed by atoms with Crippen molar-refractivity contribution in [2.45, 2.75) is 57.9 Å². The molecule has 3 nitrogen and oxygen atoms in total. The molecule has 0 bridgehead atoms. The number of furan rings is 1. The topological polar surface area (TPSA) is 29.4 Å². The van der Waals surface area contributed by atoms with Crippen molar-refractivity contribution in [2.75, 3.05) is 0 Å². The molecule has 8 rings (SSSR count). The first-order valence-corrected chi connectivity index (χ1v) is 15.7. The molecule has 0 radical (unpaired) electrons. The molecule has 2 aliphatic heterocycles. The Bertz CT molecular complexity index is 2140. The Morgan fingerprint density at radius 2 is 1.55 bits per heavy atom. The van der Waals surface area contributed by atoms with Crippen molar-refractivity contribution in [3.63, 3.8) is 0 Å². The van der Waals surface area contributed by atoms with Gasteiger partial charge in [-0.3, -0.25) is 4.99 Å². The highest BCUT2D eigenvalue weighted by Gasteiger charge is 2.43. The summed E-state index contributed by atoms with van der Waals surface area (Å²) in [6, 6.07) is 35.0. The summed E-state index contributed by atoms with van der Waals surface area (Å²) in [5.74, 6) is 0.255. The predicted octanol–water partition coefficient (Wildman–Crippen LogP) is 10.1. The molecule has 0 spiro atoms. The van der Waals surface area contributed by atoms with Gasteiger partial charge in [-0.2, -0.15) is 4.57 Å². The molecule has 0 amide bonds. The normalized spacial score (nSPS) is 19.2. The number of hydrogen-bond donors (Lipinski definition) is 0. The number of nitrogens with zero attached hydrogens (tertiary/aromatic N) is 2. The van der Waals surface area contributed by atoms with E-state index in [0.29, 0.717) is 0 Å². The van der Waals surface area contributed by atoms with E-state index in [9.17, 15) is 0 Å². The zero-order chi connectivity index (χ0) is 30.2. The quantitative estimate of drug-likeness (QED) is 0.180. The van der Waals surface area contributed by atoms with E-state index >= 15 is 0 Å². The third-order valence-corrected chi connectivity index (χ3v) is 9.74. The average Bonchev–Trinajstić information content (AvgIpc) is 3.43. The van der Waals surface area contributed by atoms with E-state index in [1.807, 2.05) is 0 Å². The van der Waals surface area contributed by atoms with Crippen LogP contribution in [-0.4, -0.2) is 5.71 Å². The number of rotatable bonds is 1. The van der Waals surface area contributed by atoms with Crippen molar-refractivity contribution in [2.24, 2.45) is 4.99 Å². The molecule has 2 atom stereocenters. The maximum Gasteiger partial charge on any atom is 0.213 e. The lowest BCUT2D eigenvalue weighted by molar-refractivity contribution is -0.710. The van der Waals surface area contributed by atoms with Crippen LogP contribution in [0.15, 0.2) is 125 Å². The summed E-state index contributed by atoms with van der Waals surface area (Å²) in [7, 11) is 0. The number of pyridine rings is 1. The fourth-order valence-electron chi connectivity index (χ4n) is 7.54. The van der Waals surface area contributed by atoms with E-state index in [1.165, 1.54) is 27.9 Å². The van der Waals surface area contributed by atoms with Gasteiger partial charge in [0.1, 0.15) is 16.9 Å². The lowest BCUT2D eigenvalue weighted by Gasteiger charge is -2.31. The van der Waals surface area contributed by atoms with E-state index in [0.717, 1.165) is 62.9 Å². The average molecular weight is 574 g/mol. The largest absolute Gasteiger partial charge is 0.455 e. The third-order valence-electron chi connectivity index (χ3n) is 9.74. The van der Waals surface area contributed by atoms with E-state index < -0.39 is 0 Å². The van der Waals surface area contributed by atoms with Gasteiger partial charge in [0.25, 0.3) is 0 Å². The van der Waals surface area contributed by atoms with Crippen LogP contribution in [0.5, 0.6) is 0 Å². The molecule has 0 saturated heterocycles. The van der Waals surface area contributed by atoms with Gasteiger partial charge in [0.15, 0.2) is 6.20 Å². The summed E-state index contributed by atoms with van der Waals surface area (Å²) in [6.45, 7) is 13.6. The van der Waals surface area contributed by atoms with E-state index in [-0.39, 0.29) is 17.4 Å². The number of hydrogen-bond acceptors (Lipinski definition) is 2. The van der Waals surface area contributed by atoms with Crippen LogP contribution < -0.4 is 4.57 Å². The Balaban J connectivity index is 1.33. The Morgan fingerprint density at radius 1 is 0.795 bits per heavy atom. The smallest absolute Gasteiger partial charge is 0.213 e. The second-order valence-electron chi connectivity index (χ2n) is 13.5. The molecule has 4 heterocycles.